The molecule has 0 bridgehead atoms. The molecule has 1 heterocycles. The van der Waals surface area contributed by atoms with Crippen LogP contribution in [-0.4, -0.2) is 12.6 Å². The minimum Gasteiger partial charge on any atom is -0.546 e. The average Bonchev–Trinajstić information content (AvgIpc) is 2.39. The molecule has 0 saturated heterocycles. The Hall–Kier alpha value is -2.30. The summed E-state index contributed by atoms with van der Waals surface area (Å²) in [7, 11) is 0. The first-order chi connectivity index (χ1) is 9.52. The van der Waals surface area contributed by atoms with Crippen LogP contribution in [0.3, 0.4) is 0 Å². The zero-order valence-corrected chi connectivity index (χ0v) is 11.4. The molecule has 0 radical (unpaired) electrons. The topological polar surface area (TPSA) is 79.6 Å². The largest absolute Gasteiger partial charge is 0.546 e. The van der Waals surface area contributed by atoms with Gasteiger partial charge in [0.15, 0.2) is 0 Å². The van der Waals surface area contributed by atoms with Gasteiger partial charge in [-0.2, -0.15) is 0 Å². The van der Waals surface area contributed by atoms with Gasteiger partial charge >= 0.3 is 5.63 Å². The van der Waals surface area contributed by atoms with E-state index in [1.54, 1.807) is 19.1 Å². The van der Waals surface area contributed by atoms with Crippen molar-refractivity contribution in [3.8, 4) is 5.75 Å². The SMILES string of the molecule is CCCc1cc(=O)oc2c(C)c(OCC(=O)[O-])ccc12. The van der Waals surface area contributed by atoms with E-state index in [-0.39, 0.29) is 0 Å². The van der Waals surface area contributed by atoms with Gasteiger partial charge in [0.05, 0.1) is 5.97 Å². The van der Waals surface area contributed by atoms with Crippen LogP contribution in [0.2, 0.25) is 0 Å². The molecule has 2 aromatic rings. The van der Waals surface area contributed by atoms with Gasteiger partial charge in [-0.25, -0.2) is 4.79 Å². The van der Waals surface area contributed by atoms with E-state index in [9.17, 15) is 14.7 Å². The van der Waals surface area contributed by atoms with Gasteiger partial charge in [-0.05, 0) is 31.0 Å². The molecule has 1 aromatic heterocycles. The predicted octanol–water partition coefficient (Wildman–Crippen LogP) is 1.18. The molecule has 20 heavy (non-hydrogen) atoms. The molecule has 0 fully saturated rings. The average molecular weight is 275 g/mol. The lowest BCUT2D eigenvalue weighted by atomic mass is 10.0. The number of fused-ring (bicyclic) bond motifs is 1. The molecule has 0 aliphatic rings. The van der Waals surface area contributed by atoms with E-state index in [0.717, 1.165) is 23.8 Å². The van der Waals surface area contributed by atoms with E-state index >= 15 is 0 Å². The fraction of sp³-hybridized carbons (Fsp3) is 0.333. The van der Waals surface area contributed by atoms with E-state index in [4.69, 9.17) is 9.15 Å². The van der Waals surface area contributed by atoms with Gasteiger partial charge in [0, 0.05) is 17.0 Å². The lowest BCUT2D eigenvalue weighted by Gasteiger charge is -2.12. The van der Waals surface area contributed by atoms with Crippen LogP contribution in [-0.2, 0) is 11.2 Å². The monoisotopic (exact) mass is 275 g/mol. The molecule has 1 aromatic carbocycles. The summed E-state index contributed by atoms with van der Waals surface area (Å²) in [5.41, 5.74) is 1.56. The minimum absolute atomic E-state index is 0.374. The van der Waals surface area contributed by atoms with Crippen molar-refractivity contribution < 1.29 is 19.1 Å². The highest BCUT2D eigenvalue weighted by Gasteiger charge is 2.11. The Bertz CT molecular complexity index is 699. The Kier molecular flexibility index (Phi) is 4.08. The van der Waals surface area contributed by atoms with Gasteiger partial charge in [0.25, 0.3) is 0 Å². The second-order valence-electron chi connectivity index (χ2n) is 4.57. The molecule has 0 saturated carbocycles. The van der Waals surface area contributed by atoms with E-state index in [0.29, 0.717) is 16.9 Å². The van der Waals surface area contributed by atoms with E-state index in [1.165, 1.54) is 6.07 Å². The number of aryl methyl sites for hydroxylation is 2. The summed E-state index contributed by atoms with van der Waals surface area (Å²) in [6.07, 6.45) is 1.70. The summed E-state index contributed by atoms with van der Waals surface area (Å²) >= 11 is 0. The highest BCUT2D eigenvalue weighted by molar-refractivity contribution is 5.85. The summed E-state index contributed by atoms with van der Waals surface area (Å²) < 4.78 is 10.4. The third kappa shape index (κ3) is 2.82. The van der Waals surface area contributed by atoms with E-state index in [1.807, 2.05) is 6.92 Å². The number of aliphatic carboxylic acids is 1. The number of carboxylic acids is 1. The molecule has 5 heteroatoms. The van der Waals surface area contributed by atoms with Crippen LogP contribution in [0.15, 0.2) is 27.4 Å². The van der Waals surface area contributed by atoms with E-state index in [2.05, 4.69) is 0 Å². The van der Waals surface area contributed by atoms with Crippen molar-refractivity contribution in [3.05, 3.63) is 39.7 Å². The van der Waals surface area contributed by atoms with Crippen LogP contribution in [0.5, 0.6) is 5.75 Å². The van der Waals surface area contributed by atoms with Gasteiger partial charge in [-0.3, -0.25) is 0 Å². The van der Waals surface area contributed by atoms with Gasteiger partial charge in [-0.1, -0.05) is 13.3 Å². The molecule has 0 aliphatic heterocycles. The summed E-state index contributed by atoms with van der Waals surface area (Å²) in [5, 5.41) is 11.3. The van der Waals surface area contributed by atoms with Gasteiger partial charge in [-0.15, -0.1) is 0 Å². The molecule has 0 N–H and O–H groups in total. The predicted molar refractivity (Wildman–Crippen MR) is 71.7 cm³/mol. The molecule has 0 atom stereocenters. The fourth-order valence-corrected chi connectivity index (χ4v) is 2.18. The number of hydrogen-bond donors (Lipinski definition) is 0. The van der Waals surface area contributed by atoms with Crippen molar-refractivity contribution in [1.82, 2.24) is 0 Å². The Morgan fingerprint density at radius 1 is 1.40 bits per heavy atom. The standard InChI is InChI=1S/C15H16O5/c1-3-4-10-7-14(18)20-15-9(2)12(6-5-11(10)15)19-8-13(16)17/h5-7H,3-4,8H2,1-2H3,(H,16,17)/p-1. The third-order valence-electron chi connectivity index (χ3n) is 3.06. The first-order valence-corrected chi connectivity index (χ1v) is 6.42. The van der Waals surface area contributed by atoms with Crippen molar-refractivity contribution in [2.24, 2.45) is 0 Å². The van der Waals surface area contributed by atoms with Crippen molar-refractivity contribution in [1.29, 1.82) is 0 Å². The van der Waals surface area contributed by atoms with Crippen LogP contribution in [0.25, 0.3) is 11.0 Å². The van der Waals surface area contributed by atoms with Gasteiger partial charge in [0.1, 0.15) is 17.9 Å². The highest BCUT2D eigenvalue weighted by Crippen LogP contribution is 2.28. The molecule has 2 rings (SSSR count). The molecular weight excluding hydrogens is 260 g/mol. The summed E-state index contributed by atoms with van der Waals surface area (Å²) in [5.74, 6) is -0.927. The second kappa shape index (κ2) is 5.77. The maximum Gasteiger partial charge on any atom is 0.336 e. The lowest BCUT2D eigenvalue weighted by Crippen LogP contribution is -2.29. The molecule has 0 unspecified atom stereocenters. The second-order valence-corrected chi connectivity index (χ2v) is 4.57. The number of carbonyl (C=O) groups is 1. The number of carboxylic acid groups (broad SMARTS) is 1. The number of carbonyl (C=O) groups excluding carboxylic acids is 1. The summed E-state index contributed by atoms with van der Waals surface area (Å²) in [6, 6.07) is 4.95. The molecule has 0 aliphatic carbocycles. The first-order valence-electron chi connectivity index (χ1n) is 6.42. The summed E-state index contributed by atoms with van der Waals surface area (Å²) in [6.45, 7) is 3.22. The van der Waals surface area contributed by atoms with Crippen molar-refractivity contribution >= 4 is 16.9 Å². The maximum absolute atomic E-state index is 11.6. The van der Waals surface area contributed by atoms with Crippen LogP contribution in [0, 0.1) is 6.92 Å². The van der Waals surface area contributed by atoms with Crippen LogP contribution < -0.4 is 15.5 Å². The number of ether oxygens (including phenoxy) is 1. The Balaban J connectivity index is 2.55. The summed E-state index contributed by atoms with van der Waals surface area (Å²) in [4.78, 5) is 22.0. The van der Waals surface area contributed by atoms with Crippen LogP contribution in [0.4, 0.5) is 0 Å². The van der Waals surface area contributed by atoms with Gasteiger partial charge in [0.2, 0.25) is 0 Å². The van der Waals surface area contributed by atoms with Crippen LogP contribution >= 0.6 is 0 Å². The molecule has 5 nitrogen and oxygen atoms in total. The zero-order chi connectivity index (χ0) is 14.7. The smallest absolute Gasteiger partial charge is 0.336 e. The fourth-order valence-electron chi connectivity index (χ4n) is 2.18. The molecular formula is C15H15O5-. The first kappa shape index (κ1) is 14.1. The Morgan fingerprint density at radius 2 is 2.15 bits per heavy atom. The Morgan fingerprint density at radius 3 is 2.80 bits per heavy atom. The third-order valence-corrected chi connectivity index (χ3v) is 3.06. The molecule has 106 valence electrons. The number of benzene rings is 1. The number of hydrogen-bond acceptors (Lipinski definition) is 5. The molecule has 0 amide bonds. The normalized spacial score (nSPS) is 10.7. The van der Waals surface area contributed by atoms with Gasteiger partial charge < -0.3 is 19.1 Å². The minimum atomic E-state index is -1.30. The highest BCUT2D eigenvalue weighted by atomic mass is 16.5. The Labute approximate surface area is 115 Å². The quantitative estimate of drug-likeness (QED) is 0.765. The maximum atomic E-state index is 11.6. The van der Waals surface area contributed by atoms with Crippen molar-refractivity contribution in [3.63, 3.8) is 0 Å². The zero-order valence-electron chi connectivity index (χ0n) is 11.4. The van der Waals surface area contributed by atoms with E-state index < -0.39 is 18.2 Å². The lowest BCUT2D eigenvalue weighted by molar-refractivity contribution is -0.307. The van der Waals surface area contributed by atoms with Crippen molar-refractivity contribution in [2.75, 3.05) is 6.61 Å². The van der Waals surface area contributed by atoms with Crippen molar-refractivity contribution in [2.45, 2.75) is 26.7 Å². The number of rotatable bonds is 5. The molecule has 0 spiro atoms. The van der Waals surface area contributed by atoms with Crippen LogP contribution in [0.1, 0.15) is 24.5 Å².